The minimum absolute atomic E-state index is 0.0728. The number of carbonyl (C=O) groups excluding carboxylic acids is 1. The highest BCUT2D eigenvalue weighted by Crippen LogP contribution is 2.34. The highest BCUT2D eigenvalue weighted by atomic mass is 16.6. The van der Waals surface area contributed by atoms with E-state index in [0.717, 1.165) is 5.56 Å². The molecule has 0 saturated heterocycles. The smallest absolute Gasteiger partial charge is 0.336 e. The molecule has 0 spiro atoms. The van der Waals surface area contributed by atoms with Crippen molar-refractivity contribution in [3.05, 3.63) is 69.8 Å². The van der Waals surface area contributed by atoms with Crippen LogP contribution in [0.25, 0.3) is 6.08 Å². The van der Waals surface area contributed by atoms with Crippen LogP contribution < -0.4 is 9.47 Å². The van der Waals surface area contributed by atoms with Gasteiger partial charge in [0.15, 0.2) is 0 Å². The number of ether oxygens (including phenoxy) is 2. The number of nitrogens with zero attached hydrogens (tertiary/aromatic N) is 1. The van der Waals surface area contributed by atoms with Gasteiger partial charge in [-0.1, -0.05) is 32.9 Å². The average molecular weight is 355 g/mol. The van der Waals surface area contributed by atoms with Crippen LogP contribution >= 0.6 is 0 Å². The van der Waals surface area contributed by atoms with E-state index in [-0.39, 0.29) is 11.1 Å². The molecular weight excluding hydrogens is 334 g/mol. The van der Waals surface area contributed by atoms with E-state index in [9.17, 15) is 14.9 Å². The van der Waals surface area contributed by atoms with Crippen LogP contribution in [0.5, 0.6) is 11.5 Å². The van der Waals surface area contributed by atoms with Crippen LogP contribution in [0, 0.1) is 10.1 Å². The van der Waals surface area contributed by atoms with Crippen molar-refractivity contribution in [1.82, 2.24) is 0 Å². The van der Waals surface area contributed by atoms with Crippen LogP contribution in [0.1, 0.15) is 31.9 Å². The highest BCUT2D eigenvalue weighted by molar-refractivity contribution is 5.89. The zero-order valence-electron chi connectivity index (χ0n) is 15.2. The molecule has 0 unspecified atom stereocenters. The Morgan fingerprint density at radius 3 is 2.46 bits per heavy atom. The van der Waals surface area contributed by atoms with Crippen molar-refractivity contribution < 1.29 is 19.2 Å². The fraction of sp³-hybridized carbons (Fsp3) is 0.250. The number of hydrogen-bond acceptors (Lipinski definition) is 5. The maximum atomic E-state index is 12.2. The molecule has 0 saturated carbocycles. The lowest BCUT2D eigenvalue weighted by Crippen LogP contribution is -2.15. The van der Waals surface area contributed by atoms with Crippen molar-refractivity contribution in [2.75, 3.05) is 7.11 Å². The molecule has 0 atom stereocenters. The van der Waals surface area contributed by atoms with Crippen LogP contribution in [-0.2, 0) is 10.2 Å². The molecule has 2 rings (SSSR count). The predicted octanol–water partition coefficient (Wildman–Crippen LogP) is 4.52. The summed E-state index contributed by atoms with van der Waals surface area (Å²) < 4.78 is 10.7. The number of rotatable bonds is 5. The third kappa shape index (κ3) is 4.69. The van der Waals surface area contributed by atoms with Gasteiger partial charge < -0.3 is 9.47 Å². The third-order valence-corrected chi connectivity index (χ3v) is 3.74. The summed E-state index contributed by atoms with van der Waals surface area (Å²) in [5.41, 5.74) is 0.826. The number of benzene rings is 2. The Hall–Kier alpha value is -3.15. The average Bonchev–Trinajstić information content (AvgIpc) is 2.59. The van der Waals surface area contributed by atoms with Gasteiger partial charge >= 0.3 is 5.97 Å². The molecule has 0 radical (unpaired) electrons. The second kappa shape index (κ2) is 7.82. The summed E-state index contributed by atoms with van der Waals surface area (Å²) in [6.07, 6.45) is 2.56. The maximum Gasteiger partial charge on any atom is 0.336 e. The Bertz CT molecular complexity index is 850. The van der Waals surface area contributed by atoms with Crippen LogP contribution in [0.15, 0.2) is 48.5 Å². The summed E-state index contributed by atoms with van der Waals surface area (Å²) in [5, 5.41) is 11.0. The van der Waals surface area contributed by atoms with Crippen molar-refractivity contribution in [3.8, 4) is 11.5 Å². The first-order chi connectivity index (χ1) is 12.2. The van der Waals surface area contributed by atoms with Gasteiger partial charge in [-0.3, -0.25) is 10.1 Å². The van der Waals surface area contributed by atoms with Gasteiger partial charge in [-0.15, -0.1) is 0 Å². The second-order valence-corrected chi connectivity index (χ2v) is 6.68. The van der Waals surface area contributed by atoms with E-state index in [1.807, 2.05) is 26.8 Å². The van der Waals surface area contributed by atoms with E-state index in [2.05, 4.69) is 0 Å². The van der Waals surface area contributed by atoms with Gasteiger partial charge in [0, 0.05) is 17.7 Å². The van der Waals surface area contributed by atoms with Crippen molar-refractivity contribution in [2.45, 2.75) is 26.2 Å². The van der Waals surface area contributed by atoms with Crippen molar-refractivity contribution in [2.24, 2.45) is 0 Å². The topological polar surface area (TPSA) is 78.7 Å². The normalized spacial score (nSPS) is 11.4. The molecule has 2 aromatic rings. The molecule has 0 aliphatic rings. The number of esters is 1. The van der Waals surface area contributed by atoms with Gasteiger partial charge in [0.05, 0.1) is 17.6 Å². The number of hydrogen-bond donors (Lipinski definition) is 0. The second-order valence-electron chi connectivity index (χ2n) is 6.68. The molecule has 0 bridgehead atoms. The van der Waals surface area contributed by atoms with Crippen molar-refractivity contribution >= 4 is 17.7 Å². The summed E-state index contributed by atoms with van der Waals surface area (Å²) in [4.78, 5) is 22.7. The first-order valence-corrected chi connectivity index (χ1v) is 8.04. The van der Waals surface area contributed by atoms with Gasteiger partial charge in [-0.2, -0.15) is 0 Å². The zero-order valence-corrected chi connectivity index (χ0v) is 15.2. The molecular formula is C20H21NO5. The Morgan fingerprint density at radius 2 is 1.85 bits per heavy atom. The summed E-state index contributed by atoms with van der Waals surface area (Å²) in [6, 6.07) is 11.4. The number of carbonyl (C=O) groups is 1. The van der Waals surface area contributed by atoms with E-state index >= 15 is 0 Å². The Kier molecular flexibility index (Phi) is 5.77. The fourth-order valence-corrected chi connectivity index (χ4v) is 2.41. The fourth-order valence-electron chi connectivity index (χ4n) is 2.41. The summed E-state index contributed by atoms with van der Waals surface area (Å²) >= 11 is 0. The van der Waals surface area contributed by atoms with Gasteiger partial charge in [0.2, 0.25) is 0 Å². The van der Waals surface area contributed by atoms with E-state index in [0.29, 0.717) is 17.1 Å². The summed E-state index contributed by atoms with van der Waals surface area (Å²) in [5.74, 6) is 0.486. The largest absolute Gasteiger partial charge is 0.497 e. The summed E-state index contributed by atoms with van der Waals surface area (Å²) in [7, 11) is 1.57. The Balaban J connectivity index is 2.25. The Morgan fingerprint density at radius 1 is 1.15 bits per heavy atom. The number of nitro groups is 1. The number of nitro benzene ring substituents is 1. The molecule has 26 heavy (non-hydrogen) atoms. The first-order valence-electron chi connectivity index (χ1n) is 8.04. The molecule has 136 valence electrons. The van der Waals surface area contributed by atoms with Gasteiger partial charge in [0.25, 0.3) is 5.69 Å². The standard InChI is InChI=1S/C20H21NO5/c1-20(2,3)16-13-15(25-4)10-11-18(16)26-19(22)12-9-14-7-5-6-8-17(14)21(23)24/h5-13H,1-4H3/b12-9+. The molecule has 0 N–H and O–H groups in total. The van der Waals surface area contributed by atoms with Gasteiger partial charge in [-0.25, -0.2) is 4.79 Å². The lowest BCUT2D eigenvalue weighted by molar-refractivity contribution is -0.385. The van der Waals surface area contributed by atoms with Crippen LogP contribution in [0.2, 0.25) is 0 Å². The molecule has 6 nitrogen and oxygen atoms in total. The van der Waals surface area contributed by atoms with E-state index < -0.39 is 10.9 Å². The monoisotopic (exact) mass is 355 g/mol. The highest BCUT2D eigenvalue weighted by Gasteiger charge is 2.21. The summed E-state index contributed by atoms with van der Waals surface area (Å²) in [6.45, 7) is 6.01. The molecule has 0 heterocycles. The minimum Gasteiger partial charge on any atom is -0.497 e. The van der Waals surface area contributed by atoms with Gasteiger partial charge in [0.1, 0.15) is 11.5 Å². The van der Waals surface area contributed by atoms with E-state index in [1.165, 1.54) is 18.2 Å². The maximum absolute atomic E-state index is 12.2. The lowest BCUT2D eigenvalue weighted by atomic mass is 9.86. The van der Waals surface area contributed by atoms with E-state index in [1.54, 1.807) is 37.4 Å². The zero-order chi connectivity index (χ0) is 19.3. The molecule has 0 aliphatic heterocycles. The van der Waals surface area contributed by atoms with Crippen LogP contribution in [0.4, 0.5) is 5.69 Å². The first kappa shape index (κ1) is 19.2. The SMILES string of the molecule is COc1ccc(OC(=O)/C=C/c2ccccc2[N+](=O)[O-])c(C(C)(C)C)c1. The molecule has 2 aromatic carbocycles. The van der Waals surface area contributed by atoms with E-state index in [4.69, 9.17) is 9.47 Å². The molecule has 0 aliphatic carbocycles. The van der Waals surface area contributed by atoms with Crippen LogP contribution in [0.3, 0.4) is 0 Å². The molecule has 0 fully saturated rings. The Labute approximate surface area is 152 Å². The van der Waals surface area contributed by atoms with Crippen molar-refractivity contribution in [1.29, 1.82) is 0 Å². The van der Waals surface area contributed by atoms with Gasteiger partial charge in [-0.05, 0) is 35.8 Å². The number of methoxy groups -OCH3 is 1. The quantitative estimate of drug-likeness (QED) is 0.259. The predicted molar refractivity (Wildman–Crippen MR) is 99.5 cm³/mol. The lowest BCUT2D eigenvalue weighted by Gasteiger charge is -2.22. The molecule has 6 heteroatoms. The third-order valence-electron chi connectivity index (χ3n) is 3.74. The minimum atomic E-state index is -0.612. The molecule has 0 amide bonds. The molecule has 0 aromatic heterocycles. The van der Waals surface area contributed by atoms with Crippen molar-refractivity contribution in [3.63, 3.8) is 0 Å². The van der Waals surface area contributed by atoms with Crippen LogP contribution in [-0.4, -0.2) is 18.0 Å². The number of para-hydroxylation sites is 1.